The number of rotatable bonds is 4. The second-order valence-electron chi connectivity index (χ2n) is 3.88. The molecule has 102 valence electrons. The van der Waals surface area contributed by atoms with Crippen LogP contribution in [0.5, 0.6) is 0 Å². The Hall–Kier alpha value is -1.58. The maximum Gasteiger partial charge on any atom is 0.242 e. The summed E-state index contributed by atoms with van der Waals surface area (Å²) >= 11 is 1.23. The average Bonchev–Trinajstić information content (AvgIpc) is 2.84. The second-order valence-corrected chi connectivity index (χ2v) is 7.06. The fourth-order valence-electron chi connectivity index (χ4n) is 1.32. The smallest absolute Gasteiger partial charge is 0.242 e. The molecule has 0 aliphatic heterocycles. The minimum absolute atomic E-state index is 0.189. The van der Waals surface area contributed by atoms with E-state index >= 15 is 0 Å². The molecule has 0 aliphatic carbocycles. The summed E-state index contributed by atoms with van der Waals surface area (Å²) in [6.07, 6.45) is 1.37. The Morgan fingerprint density at radius 3 is 2.68 bits per heavy atom. The van der Waals surface area contributed by atoms with Crippen LogP contribution in [0.15, 0.2) is 39.5 Å². The zero-order valence-corrected chi connectivity index (χ0v) is 12.0. The van der Waals surface area contributed by atoms with Gasteiger partial charge in [-0.05, 0) is 30.0 Å². The fourth-order valence-corrected chi connectivity index (χ4v) is 3.10. The van der Waals surface area contributed by atoms with Crippen LogP contribution >= 0.6 is 11.8 Å². The van der Waals surface area contributed by atoms with E-state index in [2.05, 4.69) is 15.2 Å². The molecule has 0 radical (unpaired) electrons. The molecule has 1 aromatic heterocycles. The van der Waals surface area contributed by atoms with E-state index < -0.39 is 10.0 Å². The van der Waals surface area contributed by atoms with Crippen molar-refractivity contribution in [3.63, 3.8) is 0 Å². The minimum atomic E-state index is -3.48. The van der Waals surface area contributed by atoms with Gasteiger partial charge in [0, 0.05) is 24.7 Å². The van der Waals surface area contributed by atoms with E-state index in [4.69, 9.17) is 5.73 Å². The quantitative estimate of drug-likeness (QED) is 0.809. The molecule has 19 heavy (non-hydrogen) atoms. The van der Waals surface area contributed by atoms with Gasteiger partial charge in [-0.3, -0.25) is 5.10 Å². The maximum absolute atomic E-state index is 12.0. The standard InChI is InChI=1S/C10H13N5O2S2/c1-15(2)19(16,17)7-3-4-8(11)9(5-7)18-10-12-6-13-14-10/h3-6H,11H2,1-2H3,(H,12,13,14). The van der Waals surface area contributed by atoms with Crippen LogP contribution in [0, 0.1) is 0 Å². The molecule has 2 aromatic rings. The Balaban J connectivity index is 2.40. The molecule has 3 N–H and O–H groups in total. The number of hydrogen-bond donors (Lipinski definition) is 2. The number of nitrogen functional groups attached to an aromatic ring is 1. The van der Waals surface area contributed by atoms with E-state index in [0.717, 1.165) is 4.31 Å². The number of aromatic amines is 1. The Morgan fingerprint density at radius 1 is 1.37 bits per heavy atom. The Labute approximate surface area is 115 Å². The lowest BCUT2D eigenvalue weighted by Crippen LogP contribution is -2.22. The summed E-state index contributed by atoms with van der Waals surface area (Å²) in [7, 11) is -0.515. The van der Waals surface area contributed by atoms with Gasteiger partial charge in [-0.25, -0.2) is 17.7 Å². The molecule has 0 amide bonds. The number of benzene rings is 1. The SMILES string of the molecule is CN(C)S(=O)(=O)c1ccc(N)c(Sc2ncn[nH]2)c1. The molecule has 0 atom stereocenters. The second kappa shape index (κ2) is 5.19. The van der Waals surface area contributed by atoms with Crippen molar-refractivity contribution in [1.82, 2.24) is 19.5 Å². The van der Waals surface area contributed by atoms with Gasteiger partial charge in [-0.15, -0.1) is 0 Å². The van der Waals surface area contributed by atoms with Crippen LogP contribution in [-0.2, 0) is 10.0 Å². The summed E-state index contributed by atoms with van der Waals surface area (Å²) in [5, 5.41) is 6.95. The van der Waals surface area contributed by atoms with Gasteiger partial charge < -0.3 is 5.73 Å². The molecule has 0 aliphatic rings. The minimum Gasteiger partial charge on any atom is -0.398 e. The van der Waals surface area contributed by atoms with Crippen molar-refractivity contribution >= 4 is 27.5 Å². The number of sulfonamides is 1. The normalized spacial score (nSPS) is 11.9. The number of anilines is 1. The highest BCUT2D eigenvalue weighted by molar-refractivity contribution is 7.99. The van der Waals surface area contributed by atoms with Crippen molar-refractivity contribution in [3.8, 4) is 0 Å². The molecule has 0 saturated heterocycles. The van der Waals surface area contributed by atoms with Crippen LogP contribution in [-0.4, -0.2) is 42.0 Å². The van der Waals surface area contributed by atoms with Crippen LogP contribution in [0.1, 0.15) is 0 Å². The number of nitrogens with two attached hydrogens (primary N) is 1. The molecule has 0 spiro atoms. The first kappa shape index (κ1) is 13.8. The van der Waals surface area contributed by atoms with Crippen molar-refractivity contribution in [2.75, 3.05) is 19.8 Å². The zero-order valence-electron chi connectivity index (χ0n) is 10.4. The number of H-pyrrole nitrogens is 1. The molecular formula is C10H13N5O2S2. The molecule has 0 unspecified atom stereocenters. The first-order chi connectivity index (χ1) is 8.91. The number of nitrogens with zero attached hydrogens (tertiary/aromatic N) is 3. The third-order valence-corrected chi connectivity index (χ3v) is 5.14. The highest BCUT2D eigenvalue weighted by Gasteiger charge is 2.18. The molecule has 7 nitrogen and oxygen atoms in total. The Kier molecular flexibility index (Phi) is 3.78. The molecule has 2 rings (SSSR count). The summed E-state index contributed by atoms with van der Waals surface area (Å²) in [6, 6.07) is 4.57. The summed E-state index contributed by atoms with van der Waals surface area (Å²) in [5.41, 5.74) is 6.32. The summed E-state index contributed by atoms with van der Waals surface area (Å²) in [5.74, 6) is 0. The third-order valence-electron chi connectivity index (χ3n) is 2.36. The van der Waals surface area contributed by atoms with Gasteiger partial charge in [-0.1, -0.05) is 0 Å². The van der Waals surface area contributed by atoms with Crippen LogP contribution in [0.3, 0.4) is 0 Å². The first-order valence-electron chi connectivity index (χ1n) is 5.26. The molecule has 0 saturated carbocycles. The number of nitrogens with one attached hydrogen (secondary N) is 1. The van der Waals surface area contributed by atoms with Crippen molar-refractivity contribution in [2.45, 2.75) is 14.9 Å². The number of hydrogen-bond acceptors (Lipinski definition) is 6. The van der Waals surface area contributed by atoms with Crippen molar-refractivity contribution in [1.29, 1.82) is 0 Å². The van der Waals surface area contributed by atoms with Crippen LogP contribution in [0.25, 0.3) is 0 Å². The lowest BCUT2D eigenvalue weighted by atomic mass is 10.3. The first-order valence-corrected chi connectivity index (χ1v) is 7.52. The number of aromatic nitrogens is 3. The van der Waals surface area contributed by atoms with E-state index in [1.165, 1.54) is 44.3 Å². The lowest BCUT2D eigenvalue weighted by Gasteiger charge is -2.12. The van der Waals surface area contributed by atoms with Gasteiger partial charge >= 0.3 is 0 Å². The average molecular weight is 299 g/mol. The summed E-state index contributed by atoms with van der Waals surface area (Å²) in [4.78, 5) is 4.76. The highest BCUT2D eigenvalue weighted by Crippen LogP contribution is 2.31. The molecule has 1 aromatic carbocycles. The third kappa shape index (κ3) is 2.88. The molecule has 9 heteroatoms. The lowest BCUT2D eigenvalue weighted by molar-refractivity contribution is 0.520. The van der Waals surface area contributed by atoms with E-state index in [1.54, 1.807) is 6.07 Å². The molecule has 1 heterocycles. The van der Waals surface area contributed by atoms with E-state index in [-0.39, 0.29) is 4.90 Å². The monoisotopic (exact) mass is 299 g/mol. The van der Waals surface area contributed by atoms with E-state index in [9.17, 15) is 8.42 Å². The summed E-state index contributed by atoms with van der Waals surface area (Å²) < 4.78 is 25.2. The summed E-state index contributed by atoms with van der Waals surface area (Å²) in [6.45, 7) is 0. The van der Waals surface area contributed by atoms with Crippen LogP contribution in [0.2, 0.25) is 0 Å². The molecule has 0 bridgehead atoms. The van der Waals surface area contributed by atoms with Gasteiger partial charge in [0.25, 0.3) is 0 Å². The molecule has 0 fully saturated rings. The Morgan fingerprint density at radius 2 is 2.11 bits per heavy atom. The van der Waals surface area contributed by atoms with Crippen molar-refractivity contribution in [2.24, 2.45) is 0 Å². The zero-order chi connectivity index (χ0) is 14.0. The largest absolute Gasteiger partial charge is 0.398 e. The van der Waals surface area contributed by atoms with Gasteiger partial charge in [0.15, 0.2) is 5.16 Å². The van der Waals surface area contributed by atoms with Crippen LogP contribution < -0.4 is 5.73 Å². The fraction of sp³-hybridized carbons (Fsp3) is 0.200. The van der Waals surface area contributed by atoms with Crippen molar-refractivity contribution in [3.05, 3.63) is 24.5 Å². The van der Waals surface area contributed by atoms with Gasteiger partial charge in [-0.2, -0.15) is 5.10 Å². The van der Waals surface area contributed by atoms with Gasteiger partial charge in [0.05, 0.1) is 4.90 Å². The van der Waals surface area contributed by atoms with E-state index in [1.807, 2.05) is 0 Å². The van der Waals surface area contributed by atoms with E-state index in [0.29, 0.717) is 15.7 Å². The highest BCUT2D eigenvalue weighted by atomic mass is 32.2. The Bertz CT molecular complexity index is 667. The predicted molar refractivity (Wildman–Crippen MR) is 72.2 cm³/mol. The van der Waals surface area contributed by atoms with Crippen LogP contribution in [0.4, 0.5) is 5.69 Å². The molecular weight excluding hydrogens is 286 g/mol. The maximum atomic E-state index is 12.0. The van der Waals surface area contributed by atoms with Crippen molar-refractivity contribution < 1.29 is 8.42 Å². The van der Waals surface area contributed by atoms with Gasteiger partial charge in [0.1, 0.15) is 6.33 Å². The van der Waals surface area contributed by atoms with Gasteiger partial charge in [0.2, 0.25) is 10.0 Å². The predicted octanol–water partition coefficient (Wildman–Crippen LogP) is 0.788. The topological polar surface area (TPSA) is 105 Å².